The molecule has 11 heavy (non-hydrogen) atoms. The predicted octanol–water partition coefficient (Wildman–Crippen LogP) is 2.61. The summed E-state index contributed by atoms with van der Waals surface area (Å²) < 4.78 is 0. The van der Waals surface area contributed by atoms with Crippen molar-refractivity contribution in [3.8, 4) is 12.3 Å². The van der Waals surface area contributed by atoms with Gasteiger partial charge in [0, 0.05) is 5.75 Å². The quantitative estimate of drug-likeness (QED) is 0.493. The summed E-state index contributed by atoms with van der Waals surface area (Å²) >= 11 is 1.76. The second kappa shape index (κ2) is 4.87. The molecule has 0 amide bonds. The molecule has 1 aliphatic rings. The topological polar surface area (TPSA) is 0 Å². The fourth-order valence-corrected chi connectivity index (χ4v) is 1.36. The Morgan fingerprint density at radius 1 is 1.36 bits per heavy atom. The van der Waals surface area contributed by atoms with Gasteiger partial charge in [-0.1, -0.05) is 36.3 Å². The summed E-state index contributed by atoms with van der Waals surface area (Å²) in [5.41, 5.74) is 0. The molecule has 0 aromatic rings. The van der Waals surface area contributed by atoms with Crippen LogP contribution in [0.5, 0.6) is 0 Å². The maximum absolute atomic E-state index is 5.29. The highest BCUT2D eigenvalue weighted by Gasteiger charge is 1.92. The normalized spacial score (nSPS) is 32.1. The Morgan fingerprint density at radius 3 is 3.09 bits per heavy atom. The van der Waals surface area contributed by atoms with Gasteiger partial charge in [-0.2, -0.15) is 0 Å². The van der Waals surface area contributed by atoms with Crippen LogP contribution in [0, 0.1) is 18.3 Å². The second-order valence-electron chi connectivity index (χ2n) is 2.17. The van der Waals surface area contributed by atoms with Crippen molar-refractivity contribution in [3.63, 3.8) is 0 Å². The molecular formula is C10H10S. The van der Waals surface area contributed by atoms with Gasteiger partial charge in [-0.3, -0.25) is 0 Å². The third-order valence-corrected chi connectivity index (χ3v) is 2.07. The van der Waals surface area contributed by atoms with Crippen LogP contribution in [0.3, 0.4) is 0 Å². The van der Waals surface area contributed by atoms with E-state index in [0.717, 1.165) is 5.75 Å². The molecule has 0 saturated heterocycles. The zero-order chi connectivity index (χ0) is 7.94. The minimum Gasteiger partial charge on any atom is -0.130 e. The molecule has 56 valence electrons. The van der Waals surface area contributed by atoms with Crippen LogP contribution >= 0.6 is 11.8 Å². The summed E-state index contributed by atoms with van der Waals surface area (Å²) in [5.74, 6) is 3.86. The van der Waals surface area contributed by atoms with E-state index >= 15 is 0 Å². The third kappa shape index (κ3) is 3.15. The van der Waals surface area contributed by atoms with E-state index in [9.17, 15) is 0 Å². The average Bonchev–Trinajstić information content (AvgIpc) is 2.16. The van der Waals surface area contributed by atoms with Gasteiger partial charge >= 0.3 is 0 Å². The summed E-state index contributed by atoms with van der Waals surface area (Å²) in [7, 11) is 0. The SMILES string of the molecule is C#CC1/C=C\C=C/CS/C=C\1. The second-order valence-corrected chi connectivity index (χ2v) is 3.11. The van der Waals surface area contributed by atoms with Gasteiger partial charge in [0.05, 0.1) is 5.92 Å². The van der Waals surface area contributed by atoms with E-state index in [4.69, 9.17) is 6.42 Å². The van der Waals surface area contributed by atoms with Crippen LogP contribution in [-0.2, 0) is 0 Å². The van der Waals surface area contributed by atoms with Crippen LogP contribution < -0.4 is 0 Å². The van der Waals surface area contributed by atoms with Gasteiger partial charge in [-0.25, -0.2) is 0 Å². The molecule has 1 heterocycles. The minimum absolute atomic E-state index is 0.158. The molecule has 0 N–H and O–H groups in total. The number of thioether (sulfide) groups is 1. The van der Waals surface area contributed by atoms with Crippen molar-refractivity contribution in [1.29, 1.82) is 0 Å². The van der Waals surface area contributed by atoms with Crippen LogP contribution in [0.25, 0.3) is 0 Å². The Hall–Kier alpha value is -0.870. The van der Waals surface area contributed by atoms with E-state index in [1.165, 1.54) is 0 Å². The Bertz CT molecular complexity index is 228. The predicted molar refractivity (Wildman–Crippen MR) is 52.2 cm³/mol. The fraction of sp³-hybridized carbons (Fsp3) is 0.200. The lowest BCUT2D eigenvalue weighted by atomic mass is 10.1. The fourth-order valence-electron chi connectivity index (χ4n) is 0.745. The van der Waals surface area contributed by atoms with Crippen molar-refractivity contribution >= 4 is 11.8 Å². The summed E-state index contributed by atoms with van der Waals surface area (Å²) in [6, 6.07) is 0. The van der Waals surface area contributed by atoms with Crippen molar-refractivity contribution < 1.29 is 0 Å². The molecule has 1 aliphatic heterocycles. The summed E-state index contributed by atoms with van der Waals surface area (Å²) in [6.07, 6.45) is 15.5. The van der Waals surface area contributed by atoms with Gasteiger partial charge < -0.3 is 0 Å². The zero-order valence-electron chi connectivity index (χ0n) is 6.23. The van der Waals surface area contributed by atoms with Gasteiger partial charge in [0.25, 0.3) is 0 Å². The third-order valence-electron chi connectivity index (χ3n) is 1.33. The average molecular weight is 162 g/mol. The maximum Gasteiger partial charge on any atom is 0.0571 e. The molecule has 1 atom stereocenters. The van der Waals surface area contributed by atoms with Crippen molar-refractivity contribution in [3.05, 3.63) is 35.8 Å². The number of rotatable bonds is 0. The van der Waals surface area contributed by atoms with Crippen molar-refractivity contribution in [2.24, 2.45) is 5.92 Å². The first-order valence-corrected chi connectivity index (χ1v) is 4.56. The molecule has 0 fully saturated rings. The Kier molecular flexibility index (Phi) is 3.64. The van der Waals surface area contributed by atoms with Crippen LogP contribution in [-0.4, -0.2) is 5.75 Å². The molecule has 0 aromatic heterocycles. The lowest BCUT2D eigenvalue weighted by Gasteiger charge is -1.93. The van der Waals surface area contributed by atoms with E-state index in [0.29, 0.717) is 0 Å². The summed E-state index contributed by atoms with van der Waals surface area (Å²) in [6.45, 7) is 0. The molecule has 0 aromatic carbocycles. The number of allylic oxidation sites excluding steroid dienone is 4. The molecule has 0 bridgehead atoms. The minimum atomic E-state index is 0.158. The van der Waals surface area contributed by atoms with Crippen LogP contribution in [0.1, 0.15) is 0 Å². The molecule has 1 rings (SSSR count). The first kappa shape index (κ1) is 8.23. The largest absolute Gasteiger partial charge is 0.130 e. The standard InChI is InChI=1S/C10H10S/c1-2-10-6-4-3-5-8-11-9-7-10/h1,3-7,9-10H,8H2/b5-3-,6-4-,9-7-. The molecule has 0 radical (unpaired) electrons. The zero-order valence-corrected chi connectivity index (χ0v) is 7.05. The van der Waals surface area contributed by atoms with Crippen LogP contribution in [0.15, 0.2) is 35.8 Å². The molecule has 0 saturated carbocycles. The smallest absolute Gasteiger partial charge is 0.0571 e. The Labute approximate surface area is 72.1 Å². The highest BCUT2D eigenvalue weighted by Crippen LogP contribution is 2.09. The summed E-state index contributed by atoms with van der Waals surface area (Å²) in [4.78, 5) is 0. The molecule has 0 spiro atoms. The lowest BCUT2D eigenvalue weighted by molar-refractivity contribution is 1.12. The van der Waals surface area contributed by atoms with E-state index in [1.807, 2.05) is 24.3 Å². The van der Waals surface area contributed by atoms with Gasteiger partial charge in [0.1, 0.15) is 0 Å². The number of hydrogen-bond donors (Lipinski definition) is 0. The van der Waals surface area contributed by atoms with Crippen molar-refractivity contribution in [2.75, 3.05) is 5.75 Å². The molecular weight excluding hydrogens is 152 g/mol. The Balaban J connectivity index is 2.66. The van der Waals surface area contributed by atoms with E-state index < -0.39 is 0 Å². The van der Waals surface area contributed by atoms with E-state index in [-0.39, 0.29) is 5.92 Å². The highest BCUT2D eigenvalue weighted by atomic mass is 32.2. The van der Waals surface area contributed by atoms with Gasteiger partial charge in [0.15, 0.2) is 0 Å². The number of terminal acetylenes is 1. The molecule has 1 unspecified atom stereocenters. The molecule has 0 nitrogen and oxygen atoms in total. The lowest BCUT2D eigenvalue weighted by Crippen LogP contribution is -1.83. The Morgan fingerprint density at radius 2 is 2.27 bits per heavy atom. The molecule has 0 aliphatic carbocycles. The van der Waals surface area contributed by atoms with Crippen molar-refractivity contribution in [2.45, 2.75) is 0 Å². The van der Waals surface area contributed by atoms with E-state index in [1.54, 1.807) is 11.8 Å². The summed E-state index contributed by atoms with van der Waals surface area (Å²) in [5, 5.41) is 2.06. The van der Waals surface area contributed by atoms with Gasteiger partial charge in [-0.05, 0) is 5.41 Å². The van der Waals surface area contributed by atoms with Crippen LogP contribution in [0.4, 0.5) is 0 Å². The molecule has 1 heteroatoms. The monoisotopic (exact) mass is 162 g/mol. The van der Waals surface area contributed by atoms with Crippen molar-refractivity contribution in [1.82, 2.24) is 0 Å². The maximum atomic E-state index is 5.29. The first-order chi connectivity index (χ1) is 5.43. The number of hydrogen-bond acceptors (Lipinski definition) is 1. The first-order valence-electron chi connectivity index (χ1n) is 3.51. The van der Waals surface area contributed by atoms with Gasteiger partial charge in [-0.15, -0.1) is 18.2 Å². The van der Waals surface area contributed by atoms with E-state index in [2.05, 4.69) is 17.4 Å². The van der Waals surface area contributed by atoms with Crippen LogP contribution in [0.2, 0.25) is 0 Å². The van der Waals surface area contributed by atoms with Gasteiger partial charge in [0.2, 0.25) is 0 Å². The highest BCUT2D eigenvalue weighted by molar-refractivity contribution is 8.02.